The molecule has 1 aromatic heterocycles. The molecule has 0 aliphatic carbocycles. The Morgan fingerprint density at radius 3 is 2.67 bits per heavy atom. The summed E-state index contributed by atoms with van der Waals surface area (Å²) in [5.41, 5.74) is 9.36. The molecular weight excluding hydrogens is 238 g/mol. The molecule has 0 aromatic carbocycles. The first-order chi connectivity index (χ1) is 8.30. The van der Waals surface area contributed by atoms with Gasteiger partial charge in [-0.15, -0.1) is 0 Å². The molecule has 0 saturated carbocycles. The number of nitrogens with zero attached hydrogens (tertiary/aromatic N) is 2. The second-order valence-electron chi connectivity index (χ2n) is 4.04. The van der Waals surface area contributed by atoms with Gasteiger partial charge in [-0.05, 0) is 19.4 Å². The molecule has 0 fully saturated rings. The second kappa shape index (κ2) is 4.86. The van der Waals surface area contributed by atoms with Crippen LogP contribution in [0.1, 0.15) is 20.3 Å². The van der Waals surface area contributed by atoms with Crippen LogP contribution in [0.4, 0.5) is 17.3 Å². The third-order valence-corrected chi connectivity index (χ3v) is 2.74. The molecular formula is C10H15N5O3. The van der Waals surface area contributed by atoms with Gasteiger partial charge in [0.15, 0.2) is 0 Å². The van der Waals surface area contributed by atoms with Gasteiger partial charge in [0, 0.05) is 6.07 Å². The maximum Gasteiger partial charge on any atom is 0.311 e. The molecule has 0 aliphatic rings. The summed E-state index contributed by atoms with van der Waals surface area (Å²) in [5.74, 6) is -0.572. The molecule has 98 valence electrons. The van der Waals surface area contributed by atoms with Gasteiger partial charge in [0.05, 0.1) is 4.92 Å². The predicted octanol–water partition coefficient (Wildman–Crippen LogP) is 0.638. The zero-order valence-corrected chi connectivity index (χ0v) is 10.1. The van der Waals surface area contributed by atoms with E-state index >= 15 is 0 Å². The summed E-state index contributed by atoms with van der Waals surface area (Å²) in [5, 5.41) is 13.5. The highest BCUT2D eigenvalue weighted by molar-refractivity contribution is 5.87. The van der Waals surface area contributed by atoms with Crippen LogP contribution in [0.2, 0.25) is 0 Å². The van der Waals surface area contributed by atoms with Gasteiger partial charge in [0.1, 0.15) is 11.4 Å². The van der Waals surface area contributed by atoms with Crippen molar-refractivity contribution in [2.24, 2.45) is 5.73 Å². The fraction of sp³-hybridized carbons (Fsp3) is 0.400. The number of carbonyl (C=O) groups excluding carboxylic acids is 1. The van der Waals surface area contributed by atoms with E-state index in [0.29, 0.717) is 6.42 Å². The number of rotatable bonds is 5. The molecule has 0 bridgehead atoms. The molecule has 1 aromatic rings. The van der Waals surface area contributed by atoms with Crippen molar-refractivity contribution in [3.8, 4) is 0 Å². The van der Waals surface area contributed by atoms with Crippen LogP contribution in [-0.4, -0.2) is 21.4 Å². The van der Waals surface area contributed by atoms with Crippen molar-refractivity contribution in [3.63, 3.8) is 0 Å². The van der Waals surface area contributed by atoms with E-state index in [9.17, 15) is 14.9 Å². The van der Waals surface area contributed by atoms with Crippen LogP contribution in [0.3, 0.4) is 0 Å². The average Bonchev–Trinajstić information content (AvgIpc) is 2.28. The Balaban J connectivity index is 3.20. The summed E-state index contributed by atoms with van der Waals surface area (Å²) in [7, 11) is 0. The highest BCUT2D eigenvalue weighted by atomic mass is 16.6. The second-order valence-corrected chi connectivity index (χ2v) is 4.04. The molecule has 18 heavy (non-hydrogen) atoms. The molecule has 1 amide bonds. The summed E-state index contributed by atoms with van der Waals surface area (Å²) in [4.78, 5) is 25.4. The zero-order chi connectivity index (χ0) is 13.9. The van der Waals surface area contributed by atoms with Crippen molar-refractivity contribution in [2.75, 3.05) is 11.1 Å². The maximum absolute atomic E-state index is 11.4. The molecule has 1 heterocycles. The van der Waals surface area contributed by atoms with Crippen LogP contribution in [0.25, 0.3) is 0 Å². The minimum absolute atomic E-state index is 0.0665. The molecule has 0 spiro atoms. The van der Waals surface area contributed by atoms with Crippen LogP contribution in [0, 0.1) is 10.1 Å². The lowest BCUT2D eigenvalue weighted by molar-refractivity contribution is -0.384. The third kappa shape index (κ3) is 2.65. The Hall–Kier alpha value is -2.38. The number of amides is 1. The Morgan fingerprint density at radius 1 is 1.61 bits per heavy atom. The first-order valence-electron chi connectivity index (χ1n) is 5.29. The summed E-state index contributed by atoms with van der Waals surface area (Å²) >= 11 is 0. The minimum atomic E-state index is -1.12. The third-order valence-electron chi connectivity index (χ3n) is 2.74. The van der Waals surface area contributed by atoms with Crippen LogP contribution < -0.4 is 16.8 Å². The van der Waals surface area contributed by atoms with Gasteiger partial charge in [-0.1, -0.05) is 6.92 Å². The van der Waals surface area contributed by atoms with E-state index in [-0.39, 0.29) is 17.3 Å². The lowest BCUT2D eigenvalue weighted by atomic mass is 9.98. The predicted molar refractivity (Wildman–Crippen MR) is 66.8 cm³/mol. The van der Waals surface area contributed by atoms with Crippen LogP contribution >= 0.6 is 0 Å². The number of hydrogen-bond acceptors (Lipinski definition) is 6. The number of nitro groups is 1. The number of pyridine rings is 1. The number of nitrogens with two attached hydrogens (primary N) is 2. The largest absolute Gasteiger partial charge is 0.384 e. The van der Waals surface area contributed by atoms with E-state index in [1.165, 1.54) is 12.1 Å². The number of hydrogen-bond donors (Lipinski definition) is 3. The molecule has 1 rings (SSSR count). The monoisotopic (exact) mass is 253 g/mol. The van der Waals surface area contributed by atoms with Crippen molar-refractivity contribution >= 4 is 23.2 Å². The summed E-state index contributed by atoms with van der Waals surface area (Å²) in [6, 6.07) is 2.54. The molecule has 8 heteroatoms. The molecule has 0 radical (unpaired) electrons. The van der Waals surface area contributed by atoms with E-state index in [0.717, 1.165) is 0 Å². The van der Waals surface area contributed by atoms with Gasteiger partial charge in [-0.3, -0.25) is 14.9 Å². The van der Waals surface area contributed by atoms with Crippen LogP contribution in [-0.2, 0) is 4.79 Å². The van der Waals surface area contributed by atoms with Gasteiger partial charge in [0.25, 0.3) is 0 Å². The van der Waals surface area contributed by atoms with E-state index in [1.807, 2.05) is 0 Å². The molecule has 0 saturated heterocycles. The van der Waals surface area contributed by atoms with Crippen LogP contribution in [0.5, 0.6) is 0 Å². The Bertz CT molecular complexity index is 490. The maximum atomic E-state index is 11.4. The summed E-state index contributed by atoms with van der Waals surface area (Å²) in [6.45, 7) is 3.28. The topological polar surface area (TPSA) is 137 Å². The first-order valence-corrected chi connectivity index (χ1v) is 5.29. The molecule has 1 unspecified atom stereocenters. The van der Waals surface area contributed by atoms with E-state index in [2.05, 4.69) is 10.3 Å². The van der Waals surface area contributed by atoms with Crippen LogP contribution in [0.15, 0.2) is 12.1 Å². The van der Waals surface area contributed by atoms with Crippen molar-refractivity contribution < 1.29 is 9.72 Å². The Kier molecular flexibility index (Phi) is 3.70. The Labute approximate surface area is 104 Å². The number of aromatic nitrogens is 1. The van der Waals surface area contributed by atoms with E-state index in [4.69, 9.17) is 11.5 Å². The van der Waals surface area contributed by atoms with Gasteiger partial charge < -0.3 is 16.8 Å². The number of nitrogens with one attached hydrogen (secondary N) is 1. The SMILES string of the molecule is CCC(C)(Nc1nc(N)ccc1[N+](=O)[O-])C(N)=O. The van der Waals surface area contributed by atoms with Gasteiger partial charge in [-0.25, -0.2) is 4.98 Å². The van der Waals surface area contributed by atoms with E-state index < -0.39 is 16.4 Å². The zero-order valence-electron chi connectivity index (χ0n) is 10.1. The number of nitrogen functional groups attached to an aromatic ring is 1. The number of primary amides is 1. The summed E-state index contributed by atoms with van der Waals surface area (Å²) in [6.07, 6.45) is 0.357. The Morgan fingerprint density at radius 2 is 2.22 bits per heavy atom. The smallest absolute Gasteiger partial charge is 0.311 e. The standard InChI is InChI=1S/C10H15N5O3/c1-3-10(2,9(12)16)14-8-6(15(17)18)4-5-7(11)13-8/h4-5H,3H2,1-2H3,(H2,12,16)(H3,11,13,14). The number of carbonyl (C=O) groups is 1. The van der Waals surface area contributed by atoms with Crippen molar-refractivity contribution in [1.29, 1.82) is 0 Å². The van der Waals surface area contributed by atoms with Crippen molar-refractivity contribution in [2.45, 2.75) is 25.8 Å². The van der Waals surface area contributed by atoms with E-state index in [1.54, 1.807) is 13.8 Å². The molecule has 8 nitrogen and oxygen atoms in total. The molecule has 1 atom stereocenters. The summed E-state index contributed by atoms with van der Waals surface area (Å²) < 4.78 is 0. The fourth-order valence-electron chi connectivity index (χ4n) is 1.29. The normalized spacial score (nSPS) is 13.7. The molecule has 5 N–H and O–H groups in total. The van der Waals surface area contributed by atoms with Gasteiger partial charge >= 0.3 is 5.69 Å². The quantitative estimate of drug-likeness (QED) is 0.520. The minimum Gasteiger partial charge on any atom is -0.384 e. The fourth-order valence-corrected chi connectivity index (χ4v) is 1.29. The lowest BCUT2D eigenvalue weighted by Gasteiger charge is -2.26. The lowest BCUT2D eigenvalue weighted by Crippen LogP contribution is -2.47. The van der Waals surface area contributed by atoms with Gasteiger partial charge in [0.2, 0.25) is 11.7 Å². The van der Waals surface area contributed by atoms with Crippen molar-refractivity contribution in [3.05, 3.63) is 22.2 Å². The average molecular weight is 253 g/mol. The van der Waals surface area contributed by atoms with Gasteiger partial charge in [-0.2, -0.15) is 0 Å². The van der Waals surface area contributed by atoms with Crippen molar-refractivity contribution in [1.82, 2.24) is 4.98 Å². The number of anilines is 2. The highest BCUT2D eigenvalue weighted by Gasteiger charge is 2.32. The first kappa shape index (κ1) is 13.7. The molecule has 0 aliphatic heterocycles. The highest BCUT2D eigenvalue weighted by Crippen LogP contribution is 2.27.